The first kappa shape index (κ1) is 17.5. The molecule has 0 spiro atoms. The molecule has 10 nitrogen and oxygen atoms in total. The van der Waals surface area contributed by atoms with E-state index in [9.17, 15) is 24.6 Å². The largest absolute Gasteiger partial charge is 0.502 e. The molecule has 0 radical (unpaired) electrons. The first-order chi connectivity index (χ1) is 12.4. The van der Waals surface area contributed by atoms with Crippen LogP contribution >= 0.6 is 0 Å². The van der Waals surface area contributed by atoms with Gasteiger partial charge in [0.05, 0.1) is 25.7 Å². The summed E-state index contributed by atoms with van der Waals surface area (Å²) >= 11 is 0. The minimum atomic E-state index is -1.49. The maximum atomic E-state index is 12.7. The molecule has 0 bridgehead atoms. The zero-order valence-corrected chi connectivity index (χ0v) is 13.9. The van der Waals surface area contributed by atoms with Crippen molar-refractivity contribution in [2.45, 2.75) is 6.54 Å². The number of carboxylic acids is 1. The van der Waals surface area contributed by atoms with Gasteiger partial charge in [0, 0.05) is 25.4 Å². The summed E-state index contributed by atoms with van der Waals surface area (Å²) < 4.78 is 11.2. The summed E-state index contributed by atoms with van der Waals surface area (Å²) in [7, 11) is 1.49. The second kappa shape index (κ2) is 6.92. The Hall–Kier alpha value is -3.27. The molecule has 0 aromatic carbocycles. The number of amides is 1. The van der Waals surface area contributed by atoms with Gasteiger partial charge in [-0.2, -0.15) is 0 Å². The third-order valence-electron chi connectivity index (χ3n) is 4.03. The Balaban J connectivity index is 2.11. The number of hydrogen-bond acceptors (Lipinski definition) is 7. The number of hydrogen-bond donors (Lipinski definition) is 2. The molecule has 1 aliphatic rings. The molecule has 2 aromatic rings. The topological polar surface area (TPSA) is 125 Å². The molecule has 0 fully saturated rings. The number of fused-ring (bicyclic) bond motifs is 1. The van der Waals surface area contributed by atoms with Gasteiger partial charge >= 0.3 is 5.97 Å². The molecule has 0 unspecified atom stereocenters. The molecule has 138 valence electrons. The van der Waals surface area contributed by atoms with Crippen molar-refractivity contribution in [3.05, 3.63) is 51.8 Å². The van der Waals surface area contributed by atoms with Crippen LogP contribution in [-0.2, 0) is 11.3 Å². The van der Waals surface area contributed by atoms with Gasteiger partial charge in [0.1, 0.15) is 12.2 Å². The third-order valence-corrected chi connectivity index (χ3v) is 4.03. The predicted molar refractivity (Wildman–Crippen MR) is 87.7 cm³/mol. The van der Waals surface area contributed by atoms with E-state index >= 15 is 0 Å². The van der Waals surface area contributed by atoms with Crippen molar-refractivity contribution in [3.8, 4) is 5.75 Å². The zero-order chi connectivity index (χ0) is 18.8. The van der Waals surface area contributed by atoms with E-state index in [2.05, 4.69) is 0 Å². The lowest BCUT2D eigenvalue weighted by Gasteiger charge is -2.39. The van der Waals surface area contributed by atoms with Gasteiger partial charge in [0.15, 0.2) is 11.4 Å². The second-order valence-corrected chi connectivity index (χ2v) is 5.72. The van der Waals surface area contributed by atoms with Crippen molar-refractivity contribution in [1.82, 2.24) is 9.58 Å². The molecule has 1 amide bonds. The molecule has 0 saturated heterocycles. The fourth-order valence-corrected chi connectivity index (χ4v) is 2.74. The van der Waals surface area contributed by atoms with Gasteiger partial charge in [-0.3, -0.25) is 19.3 Å². The smallest absolute Gasteiger partial charge is 0.341 e. The molecular weight excluding hydrogens is 346 g/mol. The van der Waals surface area contributed by atoms with E-state index in [1.54, 1.807) is 11.1 Å². The summed E-state index contributed by atoms with van der Waals surface area (Å²) in [5, 5.41) is 21.0. The number of aromatic nitrogens is 1. The van der Waals surface area contributed by atoms with E-state index in [1.165, 1.54) is 29.2 Å². The summed E-state index contributed by atoms with van der Waals surface area (Å²) in [4.78, 5) is 37.5. The molecule has 10 heteroatoms. The maximum Gasteiger partial charge on any atom is 0.341 e. The van der Waals surface area contributed by atoms with Gasteiger partial charge in [-0.15, -0.1) is 0 Å². The van der Waals surface area contributed by atoms with Crippen LogP contribution in [0.1, 0.15) is 26.4 Å². The number of carboxylic acid groups (broad SMARTS) is 1. The summed E-state index contributed by atoms with van der Waals surface area (Å²) in [5.74, 6) is -2.97. The molecule has 2 N–H and O–H groups in total. The van der Waals surface area contributed by atoms with Crippen LogP contribution in [0.4, 0.5) is 0 Å². The number of aromatic carboxylic acids is 1. The number of carbonyl (C=O) groups excluding carboxylic acids is 1. The van der Waals surface area contributed by atoms with Crippen molar-refractivity contribution >= 4 is 11.9 Å². The Kier molecular flexibility index (Phi) is 4.67. The number of ether oxygens (including phenoxy) is 1. The maximum absolute atomic E-state index is 12.7. The van der Waals surface area contributed by atoms with Crippen LogP contribution in [0.15, 0.2) is 34.0 Å². The Labute approximate surface area is 147 Å². The number of pyridine rings is 1. The Bertz CT molecular complexity index is 888. The van der Waals surface area contributed by atoms with Gasteiger partial charge in [-0.25, -0.2) is 4.79 Å². The Morgan fingerprint density at radius 1 is 1.38 bits per heavy atom. The fraction of sp³-hybridized carbons (Fsp3) is 0.312. The van der Waals surface area contributed by atoms with Gasteiger partial charge in [0.2, 0.25) is 5.43 Å². The van der Waals surface area contributed by atoms with E-state index in [1.807, 2.05) is 0 Å². The lowest BCUT2D eigenvalue weighted by Crippen LogP contribution is -2.54. The summed E-state index contributed by atoms with van der Waals surface area (Å²) in [6.07, 6.45) is 4.04. The van der Waals surface area contributed by atoms with Crippen LogP contribution in [-0.4, -0.2) is 58.6 Å². The van der Waals surface area contributed by atoms with E-state index in [-0.39, 0.29) is 32.1 Å². The molecule has 26 heavy (non-hydrogen) atoms. The lowest BCUT2D eigenvalue weighted by molar-refractivity contribution is 0.0613. The highest BCUT2D eigenvalue weighted by atomic mass is 16.5. The molecule has 3 rings (SSSR count). The van der Waals surface area contributed by atoms with Gasteiger partial charge in [-0.05, 0) is 6.07 Å². The Morgan fingerprint density at radius 2 is 2.15 bits per heavy atom. The summed E-state index contributed by atoms with van der Waals surface area (Å²) in [6.45, 7) is 0.887. The highest BCUT2D eigenvalue weighted by Crippen LogP contribution is 2.22. The molecule has 2 aromatic heterocycles. The van der Waals surface area contributed by atoms with Crippen LogP contribution in [0.3, 0.4) is 0 Å². The van der Waals surface area contributed by atoms with E-state index < -0.39 is 28.6 Å². The van der Waals surface area contributed by atoms with Gasteiger partial charge < -0.3 is 24.3 Å². The average molecular weight is 363 g/mol. The first-order valence-electron chi connectivity index (χ1n) is 7.70. The number of furan rings is 1. The average Bonchev–Trinajstić information content (AvgIpc) is 3.11. The molecule has 3 heterocycles. The fourth-order valence-electron chi connectivity index (χ4n) is 2.74. The second-order valence-electron chi connectivity index (χ2n) is 5.72. The van der Waals surface area contributed by atoms with E-state index in [4.69, 9.17) is 9.15 Å². The number of carbonyl (C=O) groups is 2. The molecule has 0 saturated carbocycles. The van der Waals surface area contributed by atoms with Crippen LogP contribution in [0.5, 0.6) is 5.75 Å². The lowest BCUT2D eigenvalue weighted by atomic mass is 10.2. The van der Waals surface area contributed by atoms with Crippen LogP contribution in [0.2, 0.25) is 0 Å². The quantitative estimate of drug-likeness (QED) is 0.737. The SMILES string of the molecule is COCCN1CN(Cc2ccoc2)n2cc(C(=O)O)c(=O)c(O)c2C1=O. The summed E-state index contributed by atoms with van der Waals surface area (Å²) in [6, 6.07) is 1.72. The van der Waals surface area contributed by atoms with E-state index in [0.29, 0.717) is 0 Å². The van der Waals surface area contributed by atoms with Crippen LogP contribution < -0.4 is 10.4 Å². The molecular formula is C16H17N3O7. The van der Waals surface area contributed by atoms with Crippen LogP contribution in [0.25, 0.3) is 0 Å². The predicted octanol–water partition coefficient (Wildman–Crippen LogP) is 0.0430. The van der Waals surface area contributed by atoms with Crippen molar-refractivity contribution in [2.24, 2.45) is 0 Å². The van der Waals surface area contributed by atoms with Crippen molar-refractivity contribution in [1.29, 1.82) is 0 Å². The first-order valence-corrected chi connectivity index (χ1v) is 7.70. The number of aromatic hydroxyl groups is 1. The minimum Gasteiger partial charge on any atom is -0.502 e. The zero-order valence-electron chi connectivity index (χ0n) is 13.9. The van der Waals surface area contributed by atoms with Gasteiger partial charge in [-0.1, -0.05) is 0 Å². The number of rotatable bonds is 6. The minimum absolute atomic E-state index is 0.113. The van der Waals surface area contributed by atoms with Gasteiger partial charge in [0.25, 0.3) is 5.91 Å². The highest BCUT2D eigenvalue weighted by Gasteiger charge is 2.34. The van der Waals surface area contributed by atoms with Crippen LogP contribution in [0, 0.1) is 0 Å². The number of nitrogens with zero attached hydrogens (tertiary/aromatic N) is 3. The van der Waals surface area contributed by atoms with E-state index in [0.717, 1.165) is 11.8 Å². The van der Waals surface area contributed by atoms with Crippen molar-refractivity contribution < 1.29 is 29.0 Å². The molecule has 0 aliphatic carbocycles. The van der Waals surface area contributed by atoms with Crippen molar-refractivity contribution in [2.75, 3.05) is 31.9 Å². The highest BCUT2D eigenvalue weighted by molar-refractivity contribution is 5.97. The standard InChI is InChI=1S/C16H17N3O7/c1-25-5-3-17-9-18(6-10-2-4-26-8-10)19-7-11(16(23)24)13(20)14(21)12(19)15(17)22/h2,4,7-8,21H,3,5-6,9H2,1H3,(H,23,24). The number of methoxy groups -OCH3 is 1. The summed E-state index contributed by atoms with van der Waals surface area (Å²) in [5.41, 5.74) is -1.24. The third kappa shape index (κ3) is 3.02. The normalized spacial score (nSPS) is 13.8. The molecule has 1 aliphatic heterocycles. The van der Waals surface area contributed by atoms with Crippen molar-refractivity contribution in [3.63, 3.8) is 0 Å². The monoisotopic (exact) mass is 363 g/mol. The Morgan fingerprint density at radius 3 is 2.77 bits per heavy atom. The molecule has 0 atom stereocenters.